The van der Waals surface area contributed by atoms with Gasteiger partial charge in [0.1, 0.15) is 5.69 Å². The normalized spacial score (nSPS) is 15.9. The summed E-state index contributed by atoms with van der Waals surface area (Å²) in [5.41, 5.74) is 7.59. The summed E-state index contributed by atoms with van der Waals surface area (Å²) in [6.07, 6.45) is 2.86. The Kier molecular flexibility index (Phi) is 4.25. The van der Waals surface area contributed by atoms with E-state index in [1.165, 1.54) is 0 Å². The van der Waals surface area contributed by atoms with Crippen molar-refractivity contribution in [1.82, 2.24) is 0 Å². The molecule has 2 heterocycles. The van der Waals surface area contributed by atoms with Gasteiger partial charge in [-0.3, -0.25) is 5.73 Å². The molecule has 2 rings (SSSR count). The second-order valence-corrected chi connectivity index (χ2v) is 4.63. The Hall–Kier alpha value is -1.49. The minimum atomic E-state index is 0.282. The molecule has 100 valence electrons. The van der Waals surface area contributed by atoms with Crippen LogP contribution in [0.25, 0.3) is 0 Å². The lowest BCUT2D eigenvalue weighted by Crippen LogP contribution is -2.39. The van der Waals surface area contributed by atoms with Crippen molar-refractivity contribution in [1.29, 1.82) is 0 Å². The number of morpholine rings is 1. The first-order valence-electron chi connectivity index (χ1n) is 6.57. The van der Waals surface area contributed by atoms with Crippen LogP contribution in [-0.4, -0.2) is 26.3 Å². The second-order valence-electron chi connectivity index (χ2n) is 4.63. The number of aromatic nitrogens is 1. The molecule has 0 unspecified atom stereocenters. The highest BCUT2D eigenvalue weighted by Gasteiger charge is 2.15. The quantitative estimate of drug-likeness (QED) is 0.642. The van der Waals surface area contributed by atoms with Crippen molar-refractivity contribution in [2.24, 2.45) is 0 Å². The minimum Gasteiger partial charge on any atom is -0.710 e. The van der Waals surface area contributed by atoms with Crippen LogP contribution >= 0.6 is 0 Å². The molecule has 1 aliphatic heterocycles. The lowest BCUT2D eigenvalue weighted by molar-refractivity contribution is -0.598. The molecule has 0 aromatic carbocycles. The van der Waals surface area contributed by atoms with Gasteiger partial charge in [0.25, 0.3) is 5.82 Å². The second kappa shape index (κ2) is 5.91. The summed E-state index contributed by atoms with van der Waals surface area (Å²) in [5.74, 6) is 0.282. The smallest absolute Gasteiger partial charge is 0.277 e. The first-order valence-corrected chi connectivity index (χ1v) is 6.57. The fourth-order valence-corrected chi connectivity index (χ4v) is 2.18. The molecule has 2 N–H and O–H groups in total. The Balaban J connectivity index is 2.22. The van der Waals surface area contributed by atoms with Crippen molar-refractivity contribution in [3.05, 3.63) is 23.0 Å². The van der Waals surface area contributed by atoms with Crippen LogP contribution in [0.1, 0.15) is 25.5 Å². The van der Waals surface area contributed by atoms with Gasteiger partial charge in [0.2, 0.25) is 0 Å². The van der Waals surface area contributed by atoms with Gasteiger partial charge in [0, 0.05) is 31.3 Å². The number of nitrogens with zero attached hydrogens (tertiary/aromatic N) is 2. The van der Waals surface area contributed by atoms with Gasteiger partial charge in [0.05, 0.1) is 19.3 Å². The standard InChI is InChI=1S/C13H21N3O2/c1-2-3-4-11-9-12(10-13(14)16(11)17)15-5-7-18-8-6-15/h9-10H,2-8,14H2,1H3. The van der Waals surface area contributed by atoms with Gasteiger partial charge in [-0.25, -0.2) is 4.73 Å². The summed E-state index contributed by atoms with van der Waals surface area (Å²) < 4.78 is 6.18. The highest BCUT2D eigenvalue weighted by molar-refractivity contribution is 5.51. The van der Waals surface area contributed by atoms with Gasteiger partial charge < -0.3 is 14.8 Å². The molecule has 0 spiro atoms. The van der Waals surface area contributed by atoms with Crippen LogP contribution in [0.5, 0.6) is 0 Å². The molecule has 0 radical (unpaired) electrons. The lowest BCUT2D eigenvalue weighted by atomic mass is 10.1. The highest BCUT2D eigenvalue weighted by atomic mass is 16.5. The fraction of sp³-hybridized carbons (Fsp3) is 0.615. The van der Waals surface area contributed by atoms with Crippen LogP contribution in [0, 0.1) is 5.21 Å². The average Bonchev–Trinajstić information content (AvgIpc) is 2.41. The number of hydrogen-bond acceptors (Lipinski definition) is 4. The molecule has 5 nitrogen and oxygen atoms in total. The predicted molar refractivity (Wildman–Crippen MR) is 71.5 cm³/mol. The van der Waals surface area contributed by atoms with Crippen molar-refractivity contribution < 1.29 is 9.47 Å². The number of aryl methyl sites for hydroxylation is 1. The van der Waals surface area contributed by atoms with E-state index in [0.29, 0.717) is 0 Å². The number of anilines is 2. The van der Waals surface area contributed by atoms with E-state index < -0.39 is 0 Å². The summed E-state index contributed by atoms with van der Waals surface area (Å²) in [7, 11) is 0. The number of unbranched alkanes of at least 4 members (excludes halogenated alkanes) is 1. The first-order chi connectivity index (χ1) is 8.72. The van der Waals surface area contributed by atoms with E-state index in [4.69, 9.17) is 10.5 Å². The van der Waals surface area contributed by atoms with E-state index in [1.807, 2.05) is 6.07 Å². The van der Waals surface area contributed by atoms with Crippen LogP contribution in [0.3, 0.4) is 0 Å². The Morgan fingerprint density at radius 2 is 2.11 bits per heavy atom. The van der Waals surface area contributed by atoms with Gasteiger partial charge in [0.15, 0.2) is 0 Å². The molecule has 0 atom stereocenters. The van der Waals surface area contributed by atoms with Crippen molar-refractivity contribution in [3.63, 3.8) is 0 Å². The van der Waals surface area contributed by atoms with E-state index in [0.717, 1.165) is 61.7 Å². The lowest BCUT2D eigenvalue weighted by Gasteiger charge is -2.29. The van der Waals surface area contributed by atoms with E-state index in [-0.39, 0.29) is 5.82 Å². The topological polar surface area (TPSA) is 65.4 Å². The van der Waals surface area contributed by atoms with Crippen molar-refractivity contribution in [3.8, 4) is 0 Å². The molecule has 1 aromatic heterocycles. The molecular weight excluding hydrogens is 230 g/mol. The molecular formula is C13H21N3O2. The Labute approximate surface area is 108 Å². The third kappa shape index (κ3) is 2.85. The van der Waals surface area contributed by atoms with Gasteiger partial charge in [-0.05, 0) is 6.42 Å². The largest absolute Gasteiger partial charge is 0.710 e. The Morgan fingerprint density at radius 3 is 2.78 bits per heavy atom. The summed E-state index contributed by atoms with van der Waals surface area (Å²) >= 11 is 0. The zero-order valence-corrected chi connectivity index (χ0v) is 10.9. The Bertz CT molecular complexity index is 403. The maximum atomic E-state index is 11.9. The third-order valence-corrected chi connectivity index (χ3v) is 3.27. The highest BCUT2D eigenvalue weighted by Crippen LogP contribution is 2.19. The monoisotopic (exact) mass is 251 g/mol. The van der Waals surface area contributed by atoms with Crippen molar-refractivity contribution in [2.75, 3.05) is 36.9 Å². The van der Waals surface area contributed by atoms with E-state index >= 15 is 0 Å². The van der Waals surface area contributed by atoms with Crippen LogP contribution in [0.4, 0.5) is 11.5 Å². The van der Waals surface area contributed by atoms with Gasteiger partial charge >= 0.3 is 0 Å². The number of hydrogen-bond donors (Lipinski definition) is 1. The van der Waals surface area contributed by atoms with Gasteiger partial charge in [-0.15, -0.1) is 0 Å². The molecule has 0 amide bonds. The summed E-state index contributed by atoms with van der Waals surface area (Å²) in [5, 5.41) is 11.9. The maximum absolute atomic E-state index is 11.9. The van der Waals surface area contributed by atoms with Crippen molar-refractivity contribution in [2.45, 2.75) is 26.2 Å². The molecule has 5 heteroatoms. The molecule has 1 fully saturated rings. The molecule has 1 aliphatic rings. The molecule has 0 aliphatic carbocycles. The van der Waals surface area contributed by atoms with Crippen LogP contribution in [0.15, 0.2) is 12.1 Å². The van der Waals surface area contributed by atoms with Gasteiger partial charge in [-0.1, -0.05) is 13.3 Å². The number of rotatable bonds is 4. The number of nitrogens with two attached hydrogens (primary N) is 1. The number of pyridine rings is 1. The molecule has 18 heavy (non-hydrogen) atoms. The van der Waals surface area contributed by atoms with Crippen LogP contribution in [0.2, 0.25) is 0 Å². The predicted octanol–water partition coefficient (Wildman–Crippen LogP) is 1.08. The average molecular weight is 251 g/mol. The zero-order chi connectivity index (χ0) is 13.0. The zero-order valence-electron chi connectivity index (χ0n) is 10.9. The van der Waals surface area contributed by atoms with E-state index in [2.05, 4.69) is 11.8 Å². The third-order valence-electron chi connectivity index (χ3n) is 3.27. The summed E-state index contributed by atoms with van der Waals surface area (Å²) in [6, 6.07) is 3.72. The fourth-order valence-electron chi connectivity index (χ4n) is 2.18. The molecule has 1 aromatic rings. The summed E-state index contributed by atoms with van der Waals surface area (Å²) in [4.78, 5) is 2.22. The number of nitrogen functional groups attached to an aromatic ring is 1. The van der Waals surface area contributed by atoms with E-state index in [1.54, 1.807) is 6.07 Å². The van der Waals surface area contributed by atoms with Gasteiger partial charge in [-0.2, -0.15) is 0 Å². The summed E-state index contributed by atoms with van der Waals surface area (Å²) in [6.45, 7) is 5.29. The molecule has 0 bridgehead atoms. The Morgan fingerprint density at radius 1 is 1.39 bits per heavy atom. The van der Waals surface area contributed by atoms with Crippen LogP contribution < -0.4 is 15.4 Å². The molecule has 1 saturated heterocycles. The van der Waals surface area contributed by atoms with Crippen molar-refractivity contribution >= 4 is 11.5 Å². The minimum absolute atomic E-state index is 0.282. The van der Waals surface area contributed by atoms with Crippen LogP contribution in [-0.2, 0) is 11.2 Å². The SMILES string of the molecule is CCCCc1cc(N2CCOCC2)cc(N)[n+]1[O-]. The number of ether oxygens (including phenoxy) is 1. The molecule has 0 saturated carbocycles. The maximum Gasteiger partial charge on any atom is 0.277 e. The van der Waals surface area contributed by atoms with E-state index in [9.17, 15) is 5.21 Å². The first kappa shape index (κ1) is 13.0.